The van der Waals surface area contributed by atoms with Gasteiger partial charge in [0.05, 0.1) is 18.1 Å². The van der Waals surface area contributed by atoms with Crippen LogP contribution in [0.4, 0.5) is 0 Å². The zero-order chi connectivity index (χ0) is 11.7. The van der Waals surface area contributed by atoms with Crippen LogP contribution in [0.1, 0.15) is 25.1 Å². The number of fused-ring (bicyclic) bond motifs is 2. The van der Waals surface area contributed by atoms with Crippen molar-refractivity contribution in [2.24, 2.45) is 5.92 Å². The molecule has 0 aliphatic carbocycles. The smallest absolute Gasteiger partial charge is 0.225 e. The number of aromatic nitrogens is 2. The quantitative estimate of drug-likeness (QED) is 0.804. The lowest BCUT2D eigenvalue weighted by molar-refractivity contribution is -0.126. The highest BCUT2D eigenvalue weighted by molar-refractivity contribution is 5.79. The van der Waals surface area contributed by atoms with E-state index in [-0.39, 0.29) is 17.9 Å². The second-order valence-corrected chi connectivity index (χ2v) is 4.79. The first-order valence-corrected chi connectivity index (χ1v) is 6.24. The standard InChI is InChI=1S/C12H17N3O2/c16-12(9-7-8-1-2-10(9)17-8)15-4-3-11-13-5-6-14-11/h5-6,8-10H,1-4,7H2,(H,13,14)(H,15,16)/t8-,9-,10+/m0/s1. The predicted molar refractivity (Wildman–Crippen MR) is 61.3 cm³/mol. The fourth-order valence-electron chi connectivity index (χ4n) is 2.78. The average molecular weight is 235 g/mol. The lowest BCUT2D eigenvalue weighted by atomic mass is 9.88. The van der Waals surface area contributed by atoms with Crippen LogP contribution in [0.2, 0.25) is 0 Å². The summed E-state index contributed by atoms with van der Waals surface area (Å²) in [5.74, 6) is 1.13. The number of nitrogens with one attached hydrogen (secondary N) is 2. The average Bonchev–Trinajstić information content (AvgIpc) is 3.05. The molecule has 0 aromatic carbocycles. The summed E-state index contributed by atoms with van der Waals surface area (Å²) >= 11 is 0. The van der Waals surface area contributed by atoms with Crippen molar-refractivity contribution < 1.29 is 9.53 Å². The highest BCUT2D eigenvalue weighted by Gasteiger charge is 2.44. The lowest BCUT2D eigenvalue weighted by Gasteiger charge is -2.17. The van der Waals surface area contributed by atoms with Crippen LogP contribution in [-0.4, -0.2) is 34.6 Å². The van der Waals surface area contributed by atoms with Crippen LogP contribution in [0.3, 0.4) is 0 Å². The Hall–Kier alpha value is -1.36. The maximum Gasteiger partial charge on any atom is 0.225 e. The molecule has 2 saturated heterocycles. The molecule has 2 aliphatic rings. The van der Waals surface area contributed by atoms with Crippen molar-refractivity contribution in [1.29, 1.82) is 0 Å². The summed E-state index contributed by atoms with van der Waals surface area (Å²) in [6.45, 7) is 0.639. The van der Waals surface area contributed by atoms with Crippen LogP contribution >= 0.6 is 0 Å². The largest absolute Gasteiger partial charge is 0.374 e. The highest BCUT2D eigenvalue weighted by atomic mass is 16.5. The first-order chi connectivity index (χ1) is 8.33. The summed E-state index contributed by atoms with van der Waals surface area (Å²) in [7, 11) is 0. The minimum atomic E-state index is 0.0744. The number of aromatic amines is 1. The minimum Gasteiger partial charge on any atom is -0.374 e. The number of carbonyl (C=O) groups is 1. The number of hydrogen-bond donors (Lipinski definition) is 2. The fraction of sp³-hybridized carbons (Fsp3) is 0.667. The Labute approximate surface area is 100.0 Å². The van der Waals surface area contributed by atoms with Gasteiger partial charge in [-0.25, -0.2) is 4.98 Å². The van der Waals surface area contributed by atoms with Gasteiger partial charge in [-0.05, 0) is 19.3 Å². The minimum absolute atomic E-state index is 0.0744. The number of amides is 1. The maximum atomic E-state index is 11.9. The lowest BCUT2D eigenvalue weighted by Crippen LogP contribution is -2.37. The van der Waals surface area contributed by atoms with Crippen LogP contribution < -0.4 is 5.32 Å². The molecule has 1 amide bonds. The van der Waals surface area contributed by atoms with Crippen LogP contribution in [0, 0.1) is 5.92 Å². The Morgan fingerprint density at radius 2 is 2.53 bits per heavy atom. The van der Waals surface area contributed by atoms with Crippen molar-refractivity contribution in [3.63, 3.8) is 0 Å². The molecule has 2 fully saturated rings. The molecule has 3 heterocycles. The van der Waals surface area contributed by atoms with Gasteiger partial charge in [0.25, 0.3) is 0 Å². The third kappa shape index (κ3) is 2.20. The van der Waals surface area contributed by atoms with Gasteiger partial charge in [-0.15, -0.1) is 0 Å². The summed E-state index contributed by atoms with van der Waals surface area (Å²) in [5.41, 5.74) is 0. The molecule has 0 spiro atoms. The van der Waals surface area contributed by atoms with Crippen molar-refractivity contribution in [3.8, 4) is 0 Å². The molecule has 3 atom stereocenters. The van der Waals surface area contributed by atoms with Gasteiger partial charge < -0.3 is 15.0 Å². The summed E-state index contributed by atoms with van der Waals surface area (Å²) in [4.78, 5) is 19.1. The Bertz CT molecular complexity index is 390. The molecular weight excluding hydrogens is 218 g/mol. The third-order valence-electron chi connectivity index (χ3n) is 3.66. The SMILES string of the molecule is O=C(NCCc1ncc[nH]1)[C@H]1C[C@@H]2CC[C@H]1O2. The molecule has 5 heteroatoms. The molecule has 17 heavy (non-hydrogen) atoms. The molecule has 1 aromatic heterocycles. The Kier molecular flexibility index (Phi) is 2.84. The zero-order valence-corrected chi connectivity index (χ0v) is 9.69. The third-order valence-corrected chi connectivity index (χ3v) is 3.66. The van der Waals surface area contributed by atoms with Crippen molar-refractivity contribution in [1.82, 2.24) is 15.3 Å². The molecule has 3 rings (SSSR count). The summed E-state index contributed by atoms with van der Waals surface area (Å²) in [6.07, 6.45) is 7.84. The van der Waals surface area contributed by atoms with Gasteiger partial charge in [-0.1, -0.05) is 0 Å². The monoisotopic (exact) mass is 235 g/mol. The number of rotatable bonds is 4. The molecule has 0 unspecified atom stereocenters. The van der Waals surface area contributed by atoms with E-state index in [1.54, 1.807) is 12.4 Å². The number of nitrogens with zero attached hydrogens (tertiary/aromatic N) is 1. The highest BCUT2D eigenvalue weighted by Crippen LogP contribution is 2.38. The zero-order valence-electron chi connectivity index (χ0n) is 9.69. The topological polar surface area (TPSA) is 67.0 Å². The van der Waals surface area contributed by atoms with Crippen molar-refractivity contribution >= 4 is 5.91 Å². The van der Waals surface area contributed by atoms with E-state index in [0.717, 1.165) is 31.5 Å². The van der Waals surface area contributed by atoms with Gasteiger partial charge in [0.15, 0.2) is 0 Å². The molecule has 1 aromatic rings. The Morgan fingerprint density at radius 1 is 1.59 bits per heavy atom. The molecule has 2 N–H and O–H groups in total. The van der Waals surface area contributed by atoms with Crippen molar-refractivity contribution in [2.45, 2.75) is 37.9 Å². The maximum absolute atomic E-state index is 11.9. The first-order valence-electron chi connectivity index (χ1n) is 6.24. The van der Waals surface area contributed by atoms with E-state index in [0.29, 0.717) is 12.6 Å². The molecular formula is C12H17N3O2. The van der Waals surface area contributed by atoms with E-state index < -0.39 is 0 Å². The molecule has 0 saturated carbocycles. The predicted octanol–water partition coefficient (Wildman–Crippen LogP) is 0.636. The number of H-pyrrole nitrogens is 1. The van der Waals surface area contributed by atoms with E-state index in [1.165, 1.54) is 0 Å². The van der Waals surface area contributed by atoms with Crippen molar-refractivity contribution in [2.75, 3.05) is 6.54 Å². The van der Waals surface area contributed by atoms with Gasteiger partial charge in [0.2, 0.25) is 5.91 Å². The van der Waals surface area contributed by atoms with E-state index in [4.69, 9.17) is 4.74 Å². The van der Waals surface area contributed by atoms with E-state index in [9.17, 15) is 4.79 Å². The van der Waals surface area contributed by atoms with Crippen LogP contribution in [-0.2, 0) is 16.0 Å². The van der Waals surface area contributed by atoms with Gasteiger partial charge in [-0.3, -0.25) is 4.79 Å². The number of ether oxygens (including phenoxy) is 1. The number of carbonyl (C=O) groups excluding carboxylic acids is 1. The van der Waals surface area contributed by atoms with Gasteiger partial charge in [0, 0.05) is 25.4 Å². The van der Waals surface area contributed by atoms with Gasteiger partial charge >= 0.3 is 0 Å². The molecule has 0 radical (unpaired) electrons. The van der Waals surface area contributed by atoms with Crippen LogP contribution in [0.5, 0.6) is 0 Å². The van der Waals surface area contributed by atoms with Gasteiger partial charge in [0.1, 0.15) is 5.82 Å². The Morgan fingerprint density at radius 3 is 3.18 bits per heavy atom. The molecule has 5 nitrogen and oxygen atoms in total. The number of imidazole rings is 1. The van der Waals surface area contributed by atoms with Gasteiger partial charge in [-0.2, -0.15) is 0 Å². The molecule has 92 valence electrons. The second-order valence-electron chi connectivity index (χ2n) is 4.79. The van der Waals surface area contributed by atoms with E-state index >= 15 is 0 Å². The molecule has 2 aliphatic heterocycles. The van der Waals surface area contributed by atoms with Crippen molar-refractivity contribution in [3.05, 3.63) is 18.2 Å². The first kappa shape index (κ1) is 10.8. The van der Waals surface area contributed by atoms with Crippen LogP contribution in [0.15, 0.2) is 12.4 Å². The normalized spacial score (nSPS) is 30.7. The fourth-order valence-corrected chi connectivity index (χ4v) is 2.78. The molecule has 2 bridgehead atoms. The van der Waals surface area contributed by atoms with Crippen LogP contribution in [0.25, 0.3) is 0 Å². The Balaban J connectivity index is 1.45. The number of hydrogen-bond acceptors (Lipinski definition) is 3. The summed E-state index contributed by atoms with van der Waals surface area (Å²) < 4.78 is 5.68. The van der Waals surface area contributed by atoms with E-state index in [1.807, 2.05) is 0 Å². The van der Waals surface area contributed by atoms with E-state index in [2.05, 4.69) is 15.3 Å². The summed E-state index contributed by atoms with van der Waals surface area (Å²) in [5, 5.41) is 2.97. The second kappa shape index (κ2) is 4.49. The summed E-state index contributed by atoms with van der Waals surface area (Å²) in [6, 6.07) is 0.